The molecule has 0 unspecified atom stereocenters. The fourth-order valence-corrected chi connectivity index (χ4v) is 3.47. The molecule has 0 spiro atoms. The molecule has 2 atom stereocenters. The summed E-state index contributed by atoms with van der Waals surface area (Å²) in [6, 6.07) is 0.399. The SMILES string of the molecule is O=C(c1noc(-c2cc(F)c(F)c(O)c2F)n1)N1CCO[C@@H]2CCC[C@@H]21. The van der Waals surface area contributed by atoms with E-state index >= 15 is 0 Å². The molecule has 2 fully saturated rings. The minimum Gasteiger partial charge on any atom is -0.503 e. The number of hydrogen-bond donors (Lipinski definition) is 1. The smallest absolute Gasteiger partial charge is 0.295 e. The number of carbonyl (C=O) groups excluding carboxylic acids is 1. The highest BCUT2D eigenvalue weighted by atomic mass is 19.2. The molecule has 26 heavy (non-hydrogen) atoms. The van der Waals surface area contributed by atoms with E-state index in [1.807, 2.05) is 0 Å². The second-order valence-corrected chi connectivity index (χ2v) is 6.21. The van der Waals surface area contributed by atoms with Gasteiger partial charge >= 0.3 is 0 Å². The van der Waals surface area contributed by atoms with E-state index < -0.39 is 40.6 Å². The minimum absolute atomic E-state index is 0.0281. The summed E-state index contributed by atoms with van der Waals surface area (Å²) in [4.78, 5) is 18.1. The monoisotopic (exact) mass is 369 g/mol. The maximum Gasteiger partial charge on any atom is 0.295 e. The first-order chi connectivity index (χ1) is 12.5. The molecule has 1 saturated heterocycles. The first kappa shape index (κ1) is 16.8. The number of carbonyl (C=O) groups is 1. The van der Waals surface area contributed by atoms with Crippen LogP contribution >= 0.6 is 0 Å². The van der Waals surface area contributed by atoms with E-state index in [0.29, 0.717) is 19.2 Å². The number of rotatable bonds is 2. The van der Waals surface area contributed by atoms with Gasteiger partial charge in [0, 0.05) is 6.54 Å². The van der Waals surface area contributed by atoms with Crippen molar-refractivity contribution < 1.29 is 32.3 Å². The van der Waals surface area contributed by atoms with Crippen LogP contribution in [0.25, 0.3) is 11.5 Å². The highest BCUT2D eigenvalue weighted by Gasteiger charge is 2.40. The number of nitrogens with zero attached hydrogens (tertiary/aromatic N) is 3. The van der Waals surface area contributed by atoms with E-state index in [4.69, 9.17) is 9.26 Å². The third kappa shape index (κ3) is 2.61. The predicted molar refractivity (Wildman–Crippen MR) is 79.7 cm³/mol. The molecule has 1 saturated carbocycles. The molecule has 2 aromatic rings. The third-order valence-corrected chi connectivity index (χ3v) is 4.72. The van der Waals surface area contributed by atoms with Gasteiger partial charge in [0.1, 0.15) is 0 Å². The maximum atomic E-state index is 14.0. The molecule has 0 bridgehead atoms. The summed E-state index contributed by atoms with van der Waals surface area (Å²) in [5, 5.41) is 12.8. The van der Waals surface area contributed by atoms with Gasteiger partial charge in [0.15, 0.2) is 17.4 Å². The van der Waals surface area contributed by atoms with Gasteiger partial charge in [0.2, 0.25) is 5.82 Å². The summed E-state index contributed by atoms with van der Waals surface area (Å²) in [6.45, 7) is 0.757. The Hall–Kier alpha value is -2.62. The number of ether oxygens (including phenoxy) is 1. The zero-order valence-electron chi connectivity index (χ0n) is 13.4. The van der Waals surface area contributed by atoms with Crippen LogP contribution in [0.3, 0.4) is 0 Å². The minimum atomic E-state index is -1.72. The van der Waals surface area contributed by atoms with Crippen LogP contribution in [0.1, 0.15) is 29.9 Å². The Morgan fingerprint density at radius 1 is 1.27 bits per heavy atom. The van der Waals surface area contributed by atoms with Gasteiger partial charge in [0.05, 0.1) is 24.3 Å². The lowest BCUT2D eigenvalue weighted by Gasteiger charge is -2.36. The van der Waals surface area contributed by atoms with E-state index in [1.165, 1.54) is 0 Å². The number of amides is 1. The molecule has 2 aliphatic rings. The molecule has 10 heteroatoms. The number of aromatic nitrogens is 2. The number of phenols is 1. The number of hydrogen-bond acceptors (Lipinski definition) is 6. The van der Waals surface area contributed by atoms with Gasteiger partial charge < -0.3 is 19.3 Å². The molecule has 1 aliphatic heterocycles. The fourth-order valence-electron chi connectivity index (χ4n) is 3.47. The molecular formula is C16H14F3N3O4. The van der Waals surface area contributed by atoms with Gasteiger partial charge in [0.25, 0.3) is 17.6 Å². The lowest BCUT2D eigenvalue weighted by atomic mass is 10.1. The van der Waals surface area contributed by atoms with Crippen LogP contribution in [0.2, 0.25) is 0 Å². The summed E-state index contributed by atoms with van der Waals surface area (Å²) in [5.74, 6) is -7.50. The largest absolute Gasteiger partial charge is 0.503 e. The normalized spacial score (nSPS) is 22.5. The summed E-state index contributed by atoms with van der Waals surface area (Å²) in [6.07, 6.45) is 2.58. The topological polar surface area (TPSA) is 88.7 Å². The molecule has 1 aromatic heterocycles. The molecule has 1 aliphatic carbocycles. The molecule has 138 valence electrons. The van der Waals surface area contributed by atoms with E-state index in [9.17, 15) is 23.1 Å². The quantitative estimate of drug-likeness (QED) is 0.817. The molecule has 4 rings (SSSR count). The van der Waals surface area contributed by atoms with Crippen LogP contribution in [0, 0.1) is 17.5 Å². The first-order valence-corrected chi connectivity index (χ1v) is 8.10. The number of morpholine rings is 1. The van der Waals surface area contributed by atoms with Crippen LogP contribution in [0.4, 0.5) is 13.2 Å². The van der Waals surface area contributed by atoms with Crippen molar-refractivity contribution in [3.8, 4) is 17.2 Å². The summed E-state index contributed by atoms with van der Waals surface area (Å²) >= 11 is 0. The van der Waals surface area contributed by atoms with E-state index in [0.717, 1.165) is 19.3 Å². The Bertz CT molecular complexity index is 873. The molecule has 1 amide bonds. The van der Waals surface area contributed by atoms with Gasteiger partial charge in [-0.3, -0.25) is 4.79 Å². The van der Waals surface area contributed by atoms with Gasteiger partial charge in [-0.2, -0.15) is 9.37 Å². The lowest BCUT2D eigenvalue weighted by Crippen LogP contribution is -2.51. The van der Waals surface area contributed by atoms with Crippen molar-refractivity contribution in [3.63, 3.8) is 0 Å². The van der Waals surface area contributed by atoms with E-state index in [2.05, 4.69) is 10.1 Å². The average Bonchev–Trinajstić information content (AvgIpc) is 3.31. The van der Waals surface area contributed by atoms with Crippen molar-refractivity contribution in [2.45, 2.75) is 31.4 Å². The fraction of sp³-hybridized carbons (Fsp3) is 0.438. The zero-order chi connectivity index (χ0) is 18.4. The highest BCUT2D eigenvalue weighted by molar-refractivity contribution is 5.91. The van der Waals surface area contributed by atoms with Crippen molar-refractivity contribution in [2.24, 2.45) is 0 Å². The first-order valence-electron chi connectivity index (χ1n) is 8.10. The highest BCUT2D eigenvalue weighted by Crippen LogP contribution is 2.33. The molecular weight excluding hydrogens is 355 g/mol. The van der Waals surface area contributed by atoms with Gasteiger partial charge in [-0.25, -0.2) is 8.78 Å². The Morgan fingerprint density at radius 3 is 2.88 bits per heavy atom. The predicted octanol–water partition coefficient (Wildman–Crippen LogP) is 2.25. The molecule has 2 heterocycles. The van der Waals surface area contributed by atoms with Crippen LogP contribution in [0.15, 0.2) is 10.6 Å². The van der Waals surface area contributed by atoms with Crippen molar-refractivity contribution in [1.29, 1.82) is 0 Å². The molecule has 7 nitrogen and oxygen atoms in total. The lowest BCUT2D eigenvalue weighted by molar-refractivity contribution is -0.0450. The van der Waals surface area contributed by atoms with Gasteiger partial charge in [-0.1, -0.05) is 5.16 Å². The average molecular weight is 369 g/mol. The maximum absolute atomic E-state index is 14.0. The number of halogens is 3. The Morgan fingerprint density at radius 2 is 2.08 bits per heavy atom. The standard InChI is InChI=1S/C16H14F3N3O4/c17-8-6-7(11(18)13(23)12(8)19)15-20-14(21-26-15)16(24)22-4-5-25-10-3-1-2-9(10)22/h6,9-10,23H,1-5H2/t9-,10+/m0/s1. The third-order valence-electron chi connectivity index (χ3n) is 4.72. The van der Waals surface area contributed by atoms with E-state index in [-0.39, 0.29) is 18.0 Å². The summed E-state index contributed by atoms with van der Waals surface area (Å²) in [7, 11) is 0. The van der Waals surface area contributed by atoms with Crippen molar-refractivity contribution >= 4 is 5.91 Å². The second-order valence-electron chi connectivity index (χ2n) is 6.21. The summed E-state index contributed by atoms with van der Waals surface area (Å²) < 4.78 is 51.0. The zero-order valence-corrected chi connectivity index (χ0v) is 13.4. The molecule has 1 aromatic carbocycles. The number of fused-ring (bicyclic) bond motifs is 1. The van der Waals surface area contributed by atoms with Crippen molar-refractivity contribution in [3.05, 3.63) is 29.3 Å². The Kier molecular flexibility index (Phi) is 4.06. The Labute approximate surface area is 145 Å². The number of phenolic OH excluding ortho intramolecular Hbond substituents is 1. The van der Waals surface area contributed by atoms with Gasteiger partial charge in [-0.05, 0) is 25.3 Å². The van der Waals surface area contributed by atoms with Crippen molar-refractivity contribution in [2.75, 3.05) is 13.2 Å². The number of aromatic hydroxyl groups is 1. The van der Waals surface area contributed by atoms with Crippen LogP contribution in [0.5, 0.6) is 5.75 Å². The summed E-state index contributed by atoms with van der Waals surface area (Å²) in [5.41, 5.74) is -0.631. The van der Waals surface area contributed by atoms with E-state index in [1.54, 1.807) is 4.90 Å². The Balaban J connectivity index is 1.63. The van der Waals surface area contributed by atoms with Crippen LogP contribution in [-0.2, 0) is 4.74 Å². The second kappa shape index (κ2) is 6.27. The number of benzene rings is 1. The van der Waals surface area contributed by atoms with Crippen LogP contribution in [-0.4, -0.2) is 51.4 Å². The molecule has 1 N–H and O–H groups in total. The molecule has 0 radical (unpaired) electrons. The van der Waals surface area contributed by atoms with Gasteiger partial charge in [-0.15, -0.1) is 0 Å². The van der Waals surface area contributed by atoms with Crippen molar-refractivity contribution in [1.82, 2.24) is 15.0 Å². The van der Waals surface area contributed by atoms with Crippen LogP contribution < -0.4 is 0 Å².